The molecule has 3 aromatic rings. The Balaban J connectivity index is 1.49. The highest BCUT2D eigenvalue weighted by atomic mass is 32.2. The predicted octanol–water partition coefficient (Wildman–Crippen LogP) is 4.74. The third-order valence-electron chi connectivity index (χ3n) is 5.18. The van der Waals surface area contributed by atoms with Crippen molar-refractivity contribution in [2.45, 2.75) is 37.8 Å². The summed E-state index contributed by atoms with van der Waals surface area (Å²) in [5, 5.41) is 9.81. The molecule has 6 heteroatoms. The molecule has 0 atom stereocenters. The van der Waals surface area contributed by atoms with E-state index in [0.29, 0.717) is 6.42 Å². The van der Waals surface area contributed by atoms with Crippen LogP contribution in [0.4, 0.5) is 0 Å². The Labute approximate surface area is 176 Å². The fraction of sp³-hybridized carbons (Fsp3) is 0.348. The van der Waals surface area contributed by atoms with Crippen LogP contribution >= 0.6 is 11.8 Å². The van der Waals surface area contributed by atoms with Gasteiger partial charge in [0.15, 0.2) is 11.0 Å². The maximum atomic E-state index is 12.2. The van der Waals surface area contributed by atoms with E-state index in [0.717, 1.165) is 60.3 Å². The largest absolute Gasteiger partial charge is 0.343 e. The van der Waals surface area contributed by atoms with Gasteiger partial charge in [-0.05, 0) is 38.3 Å². The van der Waals surface area contributed by atoms with Crippen molar-refractivity contribution in [3.8, 4) is 17.1 Å². The molecule has 1 fully saturated rings. The summed E-state index contributed by atoms with van der Waals surface area (Å²) in [5.74, 6) is 1.97. The second kappa shape index (κ2) is 9.27. The minimum absolute atomic E-state index is 0.285. The molecule has 5 nitrogen and oxygen atoms in total. The first-order chi connectivity index (χ1) is 14.2. The van der Waals surface area contributed by atoms with E-state index >= 15 is 0 Å². The zero-order valence-electron chi connectivity index (χ0n) is 16.8. The lowest BCUT2D eigenvalue weighted by molar-refractivity contribution is -0.130. The van der Waals surface area contributed by atoms with E-state index in [9.17, 15) is 4.79 Å². The molecular formula is C23H26N4OS. The Hall–Kier alpha value is -2.60. The summed E-state index contributed by atoms with van der Waals surface area (Å²) >= 11 is 1.66. The maximum Gasteiger partial charge on any atom is 0.222 e. The summed E-state index contributed by atoms with van der Waals surface area (Å²) in [7, 11) is 0. The molecule has 0 spiro atoms. The lowest BCUT2D eigenvalue weighted by Gasteiger charge is -2.14. The highest BCUT2D eigenvalue weighted by Gasteiger charge is 2.18. The zero-order valence-corrected chi connectivity index (χ0v) is 17.6. The van der Waals surface area contributed by atoms with Gasteiger partial charge in [0.25, 0.3) is 0 Å². The lowest BCUT2D eigenvalue weighted by Crippen LogP contribution is -2.27. The number of hydrogen-bond acceptors (Lipinski definition) is 4. The van der Waals surface area contributed by atoms with Gasteiger partial charge in [-0.1, -0.05) is 59.8 Å². The van der Waals surface area contributed by atoms with Gasteiger partial charge in [0.1, 0.15) is 0 Å². The minimum atomic E-state index is 0.285. The van der Waals surface area contributed by atoms with E-state index in [1.165, 1.54) is 5.56 Å². The monoisotopic (exact) mass is 406 g/mol. The first kappa shape index (κ1) is 19.7. The molecule has 0 unspecified atom stereocenters. The Bertz CT molecular complexity index is 947. The number of benzene rings is 2. The van der Waals surface area contributed by atoms with E-state index < -0.39 is 0 Å². The molecule has 1 amide bonds. The average molecular weight is 407 g/mol. The molecule has 4 rings (SSSR count). The van der Waals surface area contributed by atoms with Gasteiger partial charge >= 0.3 is 0 Å². The first-order valence-corrected chi connectivity index (χ1v) is 11.2. The van der Waals surface area contributed by atoms with Crippen molar-refractivity contribution in [2.24, 2.45) is 0 Å². The molecule has 0 aliphatic carbocycles. The number of aromatic nitrogens is 3. The summed E-state index contributed by atoms with van der Waals surface area (Å²) in [6.07, 6.45) is 3.74. The topological polar surface area (TPSA) is 51.0 Å². The van der Waals surface area contributed by atoms with Gasteiger partial charge in [-0.25, -0.2) is 0 Å². The van der Waals surface area contributed by atoms with Crippen LogP contribution in [0.15, 0.2) is 59.8 Å². The SMILES string of the molecule is Cc1ccc(-c2nnc(SCCCC(=O)N3CCCC3)n2-c2ccccc2)cc1. The number of nitrogens with zero attached hydrogens (tertiary/aromatic N) is 4. The summed E-state index contributed by atoms with van der Waals surface area (Å²) in [6, 6.07) is 18.6. The van der Waals surface area contributed by atoms with Crippen LogP contribution in [-0.4, -0.2) is 44.4 Å². The fourth-order valence-electron chi connectivity index (χ4n) is 3.57. The summed E-state index contributed by atoms with van der Waals surface area (Å²) < 4.78 is 2.11. The maximum absolute atomic E-state index is 12.2. The molecule has 2 heterocycles. The van der Waals surface area contributed by atoms with Crippen molar-refractivity contribution < 1.29 is 4.79 Å². The molecular weight excluding hydrogens is 380 g/mol. The molecule has 1 saturated heterocycles. The van der Waals surface area contributed by atoms with Crippen LogP contribution < -0.4 is 0 Å². The van der Waals surface area contributed by atoms with Crippen LogP contribution in [-0.2, 0) is 4.79 Å². The van der Waals surface area contributed by atoms with E-state index in [-0.39, 0.29) is 5.91 Å². The van der Waals surface area contributed by atoms with Gasteiger partial charge in [0.05, 0.1) is 0 Å². The van der Waals surface area contributed by atoms with Crippen molar-refractivity contribution in [1.29, 1.82) is 0 Å². The number of rotatable bonds is 7. The third-order valence-corrected chi connectivity index (χ3v) is 6.20. The van der Waals surface area contributed by atoms with E-state index in [4.69, 9.17) is 0 Å². The van der Waals surface area contributed by atoms with Gasteiger partial charge in [0.2, 0.25) is 5.91 Å². The normalized spacial score (nSPS) is 13.8. The first-order valence-electron chi connectivity index (χ1n) is 10.2. The number of likely N-dealkylation sites (tertiary alicyclic amines) is 1. The van der Waals surface area contributed by atoms with E-state index in [1.807, 2.05) is 23.1 Å². The van der Waals surface area contributed by atoms with Gasteiger partial charge in [-0.15, -0.1) is 10.2 Å². The van der Waals surface area contributed by atoms with Crippen LogP contribution in [0, 0.1) is 6.92 Å². The number of carbonyl (C=O) groups is 1. The van der Waals surface area contributed by atoms with Crippen LogP contribution in [0.5, 0.6) is 0 Å². The molecule has 29 heavy (non-hydrogen) atoms. The Morgan fingerprint density at radius 1 is 1.00 bits per heavy atom. The second-order valence-electron chi connectivity index (χ2n) is 7.38. The quantitative estimate of drug-likeness (QED) is 0.420. The molecule has 1 aromatic heterocycles. The van der Waals surface area contributed by atoms with Crippen molar-refractivity contribution in [3.05, 3.63) is 60.2 Å². The summed E-state index contributed by atoms with van der Waals surface area (Å²) in [5.41, 5.74) is 3.31. The minimum Gasteiger partial charge on any atom is -0.343 e. The molecule has 1 aliphatic heterocycles. The van der Waals surface area contributed by atoms with Crippen molar-refractivity contribution in [1.82, 2.24) is 19.7 Å². The molecule has 2 aromatic carbocycles. The van der Waals surface area contributed by atoms with Gasteiger partial charge in [0, 0.05) is 36.5 Å². The predicted molar refractivity (Wildman–Crippen MR) is 117 cm³/mol. The number of thioether (sulfide) groups is 1. The van der Waals surface area contributed by atoms with Crippen molar-refractivity contribution >= 4 is 17.7 Å². The molecule has 150 valence electrons. The van der Waals surface area contributed by atoms with Gasteiger partial charge in [-0.2, -0.15) is 0 Å². The fourth-order valence-corrected chi connectivity index (χ4v) is 4.47. The number of amides is 1. The van der Waals surface area contributed by atoms with Gasteiger partial charge < -0.3 is 4.90 Å². The highest BCUT2D eigenvalue weighted by Crippen LogP contribution is 2.28. The number of hydrogen-bond donors (Lipinski definition) is 0. The summed E-state index contributed by atoms with van der Waals surface area (Å²) in [4.78, 5) is 14.2. The third kappa shape index (κ3) is 4.70. The second-order valence-corrected chi connectivity index (χ2v) is 8.45. The van der Waals surface area contributed by atoms with Crippen molar-refractivity contribution in [3.63, 3.8) is 0 Å². The summed E-state index contributed by atoms with van der Waals surface area (Å²) in [6.45, 7) is 3.93. The molecule has 0 bridgehead atoms. The van der Waals surface area contributed by atoms with E-state index in [2.05, 4.69) is 58.1 Å². The Morgan fingerprint density at radius 3 is 2.45 bits per heavy atom. The van der Waals surface area contributed by atoms with Gasteiger partial charge in [-0.3, -0.25) is 9.36 Å². The number of para-hydroxylation sites is 1. The van der Waals surface area contributed by atoms with Crippen molar-refractivity contribution in [2.75, 3.05) is 18.8 Å². The molecule has 1 aliphatic rings. The number of aryl methyl sites for hydroxylation is 1. The standard InChI is InChI=1S/C23H26N4OS/c1-18-11-13-19(14-12-18)22-24-25-23(27(22)20-8-3-2-4-9-20)29-17-7-10-21(28)26-15-5-6-16-26/h2-4,8-9,11-14H,5-7,10,15-17H2,1H3. The molecule has 0 saturated carbocycles. The highest BCUT2D eigenvalue weighted by molar-refractivity contribution is 7.99. The molecule has 0 N–H and O–H groups in total. The average Bonchev–Trinajstić information content (AvgIpc) is 3.43. The Morgan fingerprint density at radius 2 is 1.72 bits per heavy atom. The Kier molecular flexibility index (Phi) is 6.30. The van der Waals surface area contributed by atoms with Crippen LogP contribution in [0.2, 0.25) is 0 Å². The van der Waals surface area contributed by atoms with Crippen LogP contribution in [0.1, 0.15) is 31.2 Å². The molecule has 0 radical (unpaired) electrons. The lowest BCUT2D eigenvalue weighted by atomic mass is 10.1. The zero-order chi connectivity index (χ0) is 20.1. The smallest absolute Gasteiger partial charge is 0.222 e. The van der Waals surface area contributed by atoms with Crippen LogP contribution in [0.25, 0.3) is 17.1 Å². The number of carbonyl (C=O) groups excluding carboxylic acids is 1. The van der Waals surface area contributed by atoms with E-state index in [1.54, 1.807) is 11.8 Å². The van der Waals surface area contributed by atoms with Crippen LogP contribution in [0.3, 0.4) is 0 Å².